The Bertz CT molecular complexity index is 381. The molecule has 1 rings (SSSR count). The largest absolute Gasteiger partial charge is 0.348 e. The first-order valence-corrected chi connectivity index (χ1v) is 6.65. The molecule has 17 heavy (non-hydrogen) atoms. The second-order valence-corrected chi connectivity index (χ2v) is 5.10. The van der Waals surface area contributed by atoms with Crippen molar-refractivity contribution in [1.29, 1.82) is 0 Å². The van der Waals surface area contributed by atoms with Gasteiger partial charge in [-0.25, -0.2) is 0 Å². The van der Waals surface area contributed by atoms with Crippen LogP contribution in [0.1, 0.15) is 38.3 Å². The Morgan fingerprint density at radius 1 is 1.53 bits per heavy atom. The van der Waals surface area contributed by atoms with E-state index in [9.17, 15) is 4.79 Å². The number of rotatable bonds is 5. The summed E-state index contributed by atoms with van der Waals surface area (Å²) in [5.41, 5.74) is 6.83. The normalized spacial score (nSPS) is 14.1. The molecule has 0 heterocycles. The third-order valence-corrected chi connectivity index (χ3v) is 3.14. The third kappa shape index (κ3) is 4.48. The van der Waals surface area contributed by atoms with Crippen molar-refractivity contribution < 1.29 is 4.79 Å². The van der Waals surface area contributed by atoms with Crippen molar-refractivity contribution in [2.24, 2.45) is 5.73 Å². The number of amides is 1. The molecule has 0 aliphatic heterocycles. The Kier molecular flexibility index (Phi) is 5.65. The molecular formula is C13H19BrN2O. The number of hydrogen-bond donors (Lipinski definition) is 2. The Morgan fingerprint density at radius 3 is 2.82 bits per heavy atom. The molecule has 1 aromatic rings. The van der Waals surface area contributed by atoms with Gasteiger partial charge in [0.15, 0.2) is 0 Å². The Morgan fingerprint density at radius 2 is 2.24 bits per heavy atom. The minimum absolute atomic E-state index is 0.0251. The van der Waals surface area contributed by atoms with E-state index < -0.39 is 6.04 Å². The van der Waals surface area contributed by atoms with Crippen LogP contribution in [0.5, 0.6) is 0 Å². The molecule has 0 aliphatic rings. The summed E-state index contributed by atoms with van der Waals surface area (Å²) in [4.78, 5) is 11.8. The highest BCUT2D eigenvalue weighted by atomic mass is 79.9. The molecule has 3 N–H and O–H groups in total. The molecule has 0 radical (unpaired) electrons. The Hall–Kier alpha value is -0.870. The predicted molar refractivity (Wildman–Crippen MR) is 73.6 cm³/mol. The van der Waals surface area contributed by atoms with Crippen LogP contribution in [0.2, 0.25) is 0 Å². The zero-order valence-electron chi connectivity index (χ0n) is 10.2. The highest BCUT2D eigenvalue weighted by Crippen LogP contribution is 2.17. The first kappa shape index (κ1) is 14.2. The average molecular weight is 299 g/mol. The highest BCUT2D eigenvalue weighted by Gasteiger charge is 2.15. The van der Waals surface area contributed by atoms with Crippen LogP contribution in [0, 0.1) is 0 Å². The van der Waals surface area contributed by atoms with Crippen LogP contribution in [0.25, 0.3) is 0 Å². The second kappa shape index (κ2) is 6.77. The number of hydrogen-bond acceptors (Lipinski definition) is 2. The predicted octanol–water partition coefficient (Wildman–Crippen LogP) is 2.75. The maximum atomic E-state index is 11.8. The molecule has 0 aliphatic carbocycles. The van der Waals surface area contributed by atoms with Crippen molar-refractivity contribution in [3.05, 3.63) is 34.3 Å². The molecule has 0 saturated carbocycles. The SMILES string of the molecule is CCCC(N)C(=O)N[C@H](C)c1cccc(Br)c1. The molecule has 1 aromatic carbocycles. The fourth-order valence-electron chi connectivity index (χ4n) is 1.62. The van der Waals surface area contributed by atoms with Crippen molar-refractivity contribution in [1.82, 2.24) is 5.32 Å². The molecule has 0 saturated heterocycles. The summed E-state index contributed by atoms with van der Waals surface area (Å²) in [6, 6.07) is 7.46. The van der Waals surface area contributed by atoms with Crippen LogP contribution in [-0.4, -0.2) is 11.9 Å². The van der Waals surface area contributed by atoms with E-state index in [0.717, 1.165) is 22.9 Å². The Labute approximate surface area is 111 Å². The number of nitrogens with one attached hydrogen (secondary N) is 1. The lowest BCUT2D eigenvalue weighted by atomic mass is 10.1. The van der Waals surface area contributed by atoms with Gasteiger partial charge in [-0.05, 0) is 31.0 Å². The molecular weight excluding hydrogens is 280 g/mol. The standard InChI is InChI=1S/C13H19BrN2O/c1-3-5-12(15)13(17)16-9(2)10-6-4-7-11(14)8-10/h4,6-9,12H,3,5,15H2,1-2H3,(H,16,17)/t9-,12?/m1/s1. The van der Waals surface area contributed by atoms with E-state index in [4.69, 9.17) is 5.73 Å². The van der Waals surface area contributed by atoms with Crippen molar-refractivity contribution in [3.63, 3.8) is 0 Å². The zero-order chi connectivity index (χ0) is 12.8. The van der Waals surface area contributed by atoms with Crippen LogP contribution >= 0.6 is 15.9 Å². The lowest BCUT2D eigenvalue weighted by Crippen LogP contribution is -2.41. The Balaban J connectivity index is 2.60. The molecule has 0 aromatic heterocycles. The maximum absolute atomic E-state index is 11.8. The van der Waals surface area contributed by atoms with Crippen molar-refractivity contribution in [2.45, 2.75) is 38.8 Å². The van der Waals surface area contributed by atoms with Crippen molar-refractivity contribution >= 4 is 21.8 Å². The summed E-state index contributed by atoms with van der Waals surface area (Å²) in [6.07, 6.45) is 1.64. The molecule has 1 amide bonds. The monoisotopic (exact) mass is 298 g/mol. The van der Waals surface area contributed by atoms with E-state index in [0.29, 0.717) is 0 Å². The van der Waals surface area contributed by atoms with Gasteiger partial charge in [0, 0.05) is 4.47 Å². The summed E-state index contributed by atoms with van der Waals surface area (Å²) in [5, 5.41) is 2.92. The molecule has 1 unspecified atom stereocenters. The van der Waals surface area contributed by atoms with Gasteiger partial charge in [-0.3, -0.25) is 4.79 Å². The van der Waals surface area contributed by atoms with Gasteiger partial charge in [0.2, 0.25) is 5.91 Å². The summed E-state index contributed by atoms with van der Waals surface area (Å²) in [7, 11) is 0. The van der Waals surface area contributed by atoms with Crippen LogP contribution in [0.4, 0.5) is 0 Å². The van der Waals surface area contributed by atoms with E-state index in [2.05, 4.69) is 21.2 Å². The summed E-state index contributed by atoms with van der Waals surface area (Å²) in [5.74, 6) is -0.0840. The van der Waals surface area contributed by atoms with Gasteiger partial charge in [-0.1, -0.05) is 41.4 Å². The molecule has 3 nitrogen and oxygen atoms in total. The average Bonchev–Trinajstić information content (AvgIpc) is 2.29. The number of nitrogens with two attached hydrogens (primary N) is 1. The van der Waals surface area contributed by atoms with Gasteiger partial charge in [0.1, 0.15) is 0 Å². The van der Waals surface area contributed by atoms with E-state index in [1.807, 2.05) is 38.1 Å². The number of benzene rings is 1. The van der Waals surface area contributed by atoms with Gasteiger partial charge in [0.05, 0.1) is 12.1 Å². The molecule has 4 heteroatoms. The zero-order valence-corrected chi connectivity index (χ0v) is 11.8. The highest BCUT2D eigenvalue weighted by molar-refractivity contribution is 9.10. The van der Waals surface area contributed by atoms with Gasteiger partial charge in [-0.15, -0.1) is 0 Å². The number of halogens is 1. The summed E-state index contributed by atoms with van der Waals surface area (Å²) < 4.78 is 1.01. The molecule has 0 fully saturated rings. The number of carbonyl (C=O) groups excluding carboxylic acids is 1. The van der Waals surface area contributed by atoms with Crippen molar-refractivity contribution in [2.75, 3.05) is 0 Å². The van der Waals surface area contributed by atoms with Gasteiger partial charge in [-0.2, -0.15) is 0 Å². The molecule has 2 atom stereocenters. The third-order valence-electron chi connectivity index (χ3n) is 2.64. The lowest BCUT2D eigenvalue weighted by Gasteiger charge is -2.17. The summed E-state index contributed by atoms with van der Waals surface area (Å²) >= 11 is 3.41. The fraction of sp³-hybridized carbons (Fsp3) is 0.462. The first-order chi connectivity index (χ1) is 8.04. The van der Waals surface area contributed by atoms with Gasteiger partial charge >= 0.3 is 0 Å². The summed E-state index contributed by atoms with van der Waals surface area (Å²) in [6.45, 7) is 3.98. The van der Waals surface area contributed by atoms with E-state index in [1.165, 1.54) is 0 Å². The maximum Gasteiger partial charge on any atom is 0.237 e. The lowest BCUT2D eigenvalue weighted by molar-refractivity contribution is -0.123. The van der Waals surface area contributed by atoms with Crippen LogP contribution in [-0.2, 0) is 4.79 Å². The van der Waals surface area contributed by atoms with Crippen LogP contribution < -0.4 is 11.1 Å². The topological polar surface area (TPSA) is 55.1 Å². The number of carbonyl (C=O) groups is 1. The van der Waals surface area contributed by atoms with Crippen LogP contribution in [0.15, 0.2) is 28.7 Å². The van der Waals surface area contributed by atoms with Gasteiger partial charge in [0.25, 0.3) is 0 Å². The fourth-order valence-corrected chi connectivity index (χ4v) is 2.04. The van der Waals surface area contributed by atoms with E-state index in [-0.39, 0.29) is 11.9 Å². The first-order valence-electron chi connectivity index (χ1n) is 5.86. The smallest absolute Gasteiger partial charge is 0.237 e. The molecule has 0 bridgehead atoms. The van der Waals surface area contributed by atoms with Crippen LogP contribution in [0.3, 0.4) is 0 Å². The quantitative estimate of drug-likeness (QED) is 0.878. The second-order valence-electron chi connectivity index (χ2n) is 4.18. The minimum atomic E-state index is -0.408. The van der Waals surface area contributed by atoms with E-state index in [1.54, 1.807) is 0 Å². The van der Waals surface area contributed by atoms with Gasteiger partial charge < -0.3 is 11.1 Å². The molecule has 94 valence electrons. The van der Waals surface area contributed by atoms with Crippen molar-refractivity contribution in [3.8, 4) is 0 Å². The van der Waals surface area contributed by atoms with E-state index >= 15 is 0 Å². The molecule has 0 spiro atoms. The minimum Gasteiger partial charge on any atom is -0.348 e.